The quantitative estimate of drug-likeness (QED) is 0.856. The van der Waals surface area contributed by atoms with Crippen LogP contribution in [0, 0.1) is 11.6 Å². The van der Waals surface area contributed by atoms with Crippen LogP contribution in [0.25, 0.3) is 10.9 Å². The molecule has 0 fully saturated rings. The third-order valence-corrected chi connectivity index (χ3v) is 3.56. The van der Waals surface area contributed by atoms with E-state index in [0.29, 0.717) is 17.7 Å². The van der Waals surface area contributed by atoms with Gasteiger partial charge in [0.2, 0.25) is 0 Å². The van der Waals surface area contributed by atoms with Crippen LogP contribution in [0.5, 0.6) is 0 Å². The second-order valence-corrected chi connectivity index (χ2v) is 4.72. The molecular formula is C13H13BrF2N2. The predicted molar refractivity (Wildman–Crippen MR) is 72.9 cm³/mol. The molecule has 2 aromatic rings. The van der Waals surface area contributed by atoms with Gasteiger partial charge in [0.15, 0.2) is 5.82 Å². The number of aromatic nitrogens is 1. The first-order valence-corrected chi connectivity index (χ1v) is 6.58. The molecule has 96 valence electrons. The van der Waals surface area contributed by atoms with Gasteiger partial charge in [-0.3, -0.25) is 0 Å². The second kappa shape index (κ2) is 5.18. The molecule has 0 saturated heterocycles. The standard InChI is InChI=1S/C13H13BrF2N2/c1-3-7-5-8-11(14)9(15)6-10(16)12(8)18-13(7)17-4-2/h5-6H,3-4H2,1-2H3,(H,17,18). The fraction of sp³-hybridized carbons (Fsp3) is 0.308. The first kappa shape index (κ1) is 13.2. The summed E-state index contributed by atoms with van der Waals surface area (Å²) in [6.45, 7) is 4.63. The van der Waals surface area contributed by atoms with Gasteiger partial charge in [0, 0.05) is 18.0 Å². The molecular weight excluding hydrogens is 302 g/mol. The summed E-state index contributed by atoms with van der Waals surface area (Å²) in [5.74, 6) is -0.600. The lowest BCUT2D eigenvalue weighted by Gasteiger charge is -2.11. The molecule has 0 unspecified atom stereocenters. The summed E-state index contributed by atoms with van der Waals surface area (Å²) in [6, 6.07) is 2.62. The number of hydrogen-bond acceptors (Lipinski definition) is 2. The third kappa shape index (κ3) is 2.19. The minimum absolute atomic E-state index is 0.177. The summed E-state index contributed by atoms with van der Waals surface area (Å²) in [5.41, 5.74) is 1.12. The van der Waals surface area contributed by atoms with E-state index in [1.165, 1.54) is 0 Å². The Kier molecular flexibility index (Phi) is 3.80. The molecule has 0 aliphatic rings. The van der Waals surface area contributed by atoms with Crippen molar-refractivity contribution in [1.29, 1.82) is 0 Å². The van der Waals surface area contributed by atoms with E-state index in [0.717, 1.165) is 18.1 Å². The lowest BCUT2D eigenvalue weighted by Crippen LogP contribution is -2.04. The Morgan fingerprint density at radius 3 is 2.56 bits per heavy atom. The van der Waals surface area contributed by atoms with Crippen molar-refractivity contribution in [3.63, 3.8) is 0 Å². The van der Waals surface area contributed by atoms with Gasteiger partial charge in [0.05, 0.1) is 4.47 Å². The number of aryl methyl sites for hydroxylation is 1. The van der Waals surface area contributed by atoms with Gasteiger partial charge in [0.25, 0.3) is 0 Å². The van der Waals surface area contributed by atoms with Crippen LogP contribution in [0.4, 0.5) is 14.6 Å². The van der Waals surface area contributed by atoms with Crippen LogP contribution in [-0.4, -0.2) is 11.5 Å². The number of rotatable bonds is 3. The first-order valence-electron chi connectivity index (χ1n) is 5.79. The molecule has 0 radical (unpaired) electrons. The Morgan fingerprint density at radius 2 is 1.94 bits per heavy atom. The van der Waals surface area contributed by atoms with Crippen LogP contribution in [-0.2, 0) is 6.42 Å². The number of anilines is 1. The third-order valence-electron chi connectivity index (χ3n) is 2.75. The molecule has 0 aliphatic carbocycles. The van der Waals surface area contributed by atoms with Crippen LogP contribution in [0.2, 0.25) is 0 Å². The highest BCUT2D eigenvalue weighted by molar-refractivity contribution is 9.10. The number of fused-ring (bicyclic) bond motifs is 1. The summed E-state index contributed by atoms with van der Waals surface area (Å²) in [4.78, 5) is 4.25. The van der Waals surface area contributed by atoms with E-state index in [1.807, 2.05) is 13.8 Å². The summed E-state index contributed by atoms with van der Waals surface area (Å²) in [6.07, 6.45) is 0.746. The number of halogens is 3. The number of pyridine rings is 1. The van der Waals surface area contributed by atoms with Crippen molar-refractivity contribution in [1.82, 2.24) is 4.98 Å². The molecule has 2 nitrogen and oxygen atoms in total. The monoisotopic (exact) mass is 314 g/mol. The van der Waals surface area contributed by atoms with E-state index < -0.39 is 11.6 Å². The molecule has 0 spiro atoms. The van der Waals surface area contributed by atoms with Gasteiger partial charge in [0.1, 0.15) is 17.2 Å². The van der Waals surface area contributed by atoms with Gasteiger partial charge in [-0.05, 0) is 40.9 Å². The van der Waals surface area contributed by atoms with Crippen LogP contribution >= 0.6 is 15.9 Å². The molecule has 1 heterocycles. The van der Waals surface area contributed by atoms with E-state index in [1.54, 1.807) is 6.07 Å². The number of benzene rings is 1. The van der Waals surface area contributed by atoms with Crippen molar-refractivity contribution in [2.75, 3.05) is 11.9 Å². The molecule has 5 heteroatoms. The number of hydrogen-bond donors (Lipinski definition) is 1. The van der Waals surface area contributed by atoms with Gasteiger partial charge in [-0.15, -0.1) is 0 Å². The normalized spacial score (nSPS) is 10.9. The highest BCUT2D eigenvalue weighted by atomic mass is 79.9. The predicted octanol–water partition coefficient (Wildman–Crippen LogP) is 4.27. The minimum atomic E-state index is -0.646. The number of nitrogens with one attached hydrogen (secondary N) is 1. The molecule has 1 N–H and O–H groups in total. The lowest BCUT2D eigenvalue weighted by molar-refractivity contribution is 0.586. The number of nitrogens with zero attached hydrogens (tertiary/aromatic N) is 1. The molecule has 1 aromatic heterocycles. The summed E-state index contributed by atoms with van der Waals surface area (Å²) in [7, 11) is 0. The fourth-order valence-electron chi connectivity index (χ4n) is 1.87. The van der Waals surface area contributed by atoms with E-state index >= 15 is 0 Å². The van der Waals surface area contributed by atoms with Crippen molar-refractivity contribution in [2.45, 2.75) is 20.3 Å². The van der Waals surface area contributed by atoms with Crippen LogP contribution in [0.1, 0.15) is 19.4 Å². The summed E-state index contributed by atoms with van der Waals surface area (Å²) < 4.78 is 27.4. The average molecular weight is 315 g/mol. The maximum atomic E-state index is 13.7. The summed E-state index contributed by atoms with van der Waals surface area (Å²) in [5, 5.41) is 3.56. The van der Waals surface area contributed by atoms with Gasteiger partial charge in [-0.2, -0.15) is 0 Å². The molecule has 2 rings (SSSR count). The zero-order chi connectivity index (χ0) is 13.3. The van der Waals surface area contributed by atoms with E-state index in [4.69, 9.17) is 0 Å². The first-order chi connectivity index (χ1) is 8.58. The molecule has 1 aromatic carbocycles. The van der Waals surface area contributed by atoms with Crippen molar-refractivity contribution < 1.29 is 8.78 Å². The molecule has 0 bridgehead atoms. The smallest absolute Gasteiger partial charge is 0.152 e. The van der Waals surface area contributed by atoms with Gasteiger partial charge >= 0.3 is 0 Å². The van der Waals surface area contributed by atoms with Gasteiger partial charge < -0.3 is 5.32 Å². The Labute approximate surface area is 113 Å². The Morgan fingerprint density at radius 1 is 1.22 bits per heavy atom. The lowest BCUT2D eigenvalue weighted by atomic mass is 10.1. The second-order valence-electron chi connectivity index (χ2n) is 3.93. The summed E-state index contributed by atoms with van der Waals surface area (Å²) >= 11 is 3.14. The average Bonchev–Trinajstić information content (AvgIpc) is 2.36. The maximum Gasteiger partial charge on any atom is 0.152 e. The minimum Gasteiger partial charge on any atom is -0.370 e. The zero-order valence-corrected chi connectivity index (χ0v) is 11.7. The fourth-order valence-corrected chi connectivity index (χ4v) is 2.28. The Hall–Kier alpha value is -1.23. The maximum absolute atomic E-state index is 13.7. The van der Waals surface area contributed by atoms with Crippen LogP contribution in [0.3, 0.4) is 0 Å². The van der Waals surface area contributed by atoms with Crippen molar-refractivity contribution >= 4 is 32.7 Å². The molecule has 0 atom stereocenters. The van der Waals surface area contributed by atoms with Crippen molar-refractivity contribution in [2.24, 2.45) is 0 Å². The zero-order valence-electron chi connectivity index (χ0n) is 10.2. The molecule has 18 heavy (non-hydrogen) atoms. The van der Waals surface area contributed by atoms with Crippen molar-refractivity contribution in [3.05, 3.63) is 33.8 Å². The van der Waals surface area contributed by atoms with E-state index in [-0.39, 0.29) is 9.99 Å². The highest BCUT2D eigenvalue weighted by Crippen LogP contribution is 2.31. The largest absolute Gasteiger partial charge is 0.370 e. The van der Waals surface area contributed by atoms with E-state index in [2.05, 4.69) is 26.2 Å². The Balaban J connectivity index is 2.78. The SMILES string of the molecule is CCNc1nc2c(F)cc(F)c(Br)c2cc1CC. The van der Waals surface area contributed by atoms with E-state index in [9.17, 15) is 8.78 Å². The molecule has 0 saturated carbocycles. The van der Waals surface area contributed by atoms with Crippen LogP contribution < -0.4 is 5.32 Å². The topological polar surface area (TPSA) is 24.9 Å². The van der Waals surface area contributed by atoms with Crippen LogP contribution in [0.15, 0.2) is 16.6 Å². The Bertz CT molecular complexity index is 599. The molecule has 0 amide bonds. The highest BCUT2D eigenvalue weighted by Gasteiger charge is 2.14. The van der Waals surface area contributed by atoms with Gasteiger partial charge in [-0.1, -0.05) is 6.92 Å². The molecule has 0 aliphatic heterocycles. The van der Waals surface area contributed by atoms with Crippen molar-refractivity contribution in [3.8, 4) is 0 Å². The van der Waals surface area contributed by atoms with Gasteiger partial charge in [-0.25, -0.2) is 13.8 Å².